The average Bonchev–Trinajstić information content (AvgIpc) is 2.66. The van der Waals surface area contributed by atoms with Gasteiger partial charge in [0.25, 0.3) is 0 Å². The molecule has 110 valence electrons. The number of rotatable bonds is 4. The second kappa shape index (κ2) is 4.97. The summed E-state index contributed by atoms with van der Waals surface area (Å²) in [5.74, 6) is 0.867. The third-order valence-corrected chi connectivity index (χ3v) is 5.99. The maximum absolute atomic E-state index is 11.4. The zero-order chi connectivity index (χ0) is 14.3. The Kier molecular flexibility index (Phi) is 3.83. The molecule has 2 bridgehead atoms. The molecule has 2 rings (SSSR count). The smallest absolute Gasteiger partial charge is 0.316 e. The van der Waals surface area contributed by atoms with Crippen LogP contribution in [-0.4, -0.2) is 44.2 Å². The van der Waals surface area contributed by atoms with Crippen molar-refractivity contribution in [3.8, 4) is 0 Å². The topological polar surface area (TPSA) is 44.4 Å². The van der Waals surface area contributed by atoms with Gasteiger partial charge in [0.1, 0.15) is 0 Å². The van der Waals surface area contributed by atoms with Crippen LogP contribution in [0.4, 0.5) is 4.79 Å². The van der Waals surface area contributed by atoms with Crippen LogP contribution in [0.3, 0.4) is 0 Å². The van der Waals surface area contributed by atoms with Crippen LogP contribution in [0, 0.1) is 16.7 Å². The molecule has 0 aromatic carbocycles. The maximum Gasteiger partial charge on any atom is 0.316 e. The minimum absolute atomic E-state index is 0.0127. The van der Waals surface area contributed by atoms with Crippen LogP contribution in [0.2, 0.25) is 0 Å². The van der Waals surface area contributed by atoms with Crippen LogP contribution in [0.15, 0.2) is 0 Å². The lowest BCUT2D eigenvalue weighted by atomic mass is 9.69. The molecule has 0 saturated heterocycles. The van der Waals surface area contributed by atoms with Crippen molar-refractivity contribution in [1.29, 1.82) is 0 Å². The van der Waals surface area contributed by atoms with Gasteiger partial charge >= 0.3 is 6.03 Å². The van der Waals surface area contributed by atoms with E-state index < -0.39 is 0 Å². The summed E-state index contributed by atoms with van der Waals surface area (Å²) in [7, 11) is 3.53. The van der Waals surface area contributed by atoms with Gasteiger partial charge in [0, 0.05) is 33.2 Å². The zero-order valence-corrected chi connectivity index (χ0v) is 13.0. The van der Waals surface area contributed by atoms with E-state index in [-0.39, 0.29) is 6.03 Å². The van der Waals surface area contributed by atoms with Crippen LogP contribution in [0.25, 0.3) is 0 Å². The van der Waals surface area contributed by atoms with Gasteiger partial charge in [0.15, 0.2) is 0 Å². The first-order valence-corrected chi connectivity index (χ1v) is 7.47. The maximum atomic E-state index is 11.4. The summed E-state index contributed by atoms with van der Waals surface area (Å²) in [5.41, 5.74) is 0.876. The first kappa shape index (κ1) is 14.6. The molecule has 19 heavy (non-hydrogen) atoms. The van der Waals surface area contributed by atoms with Gasteiger partial charge in [-0.1, -0.05) is 20.8 Å². The Morgan fingerprint density at radius 3 is 2.42 bits per heavy atom. The molecule has 0 aromatic rings. The van der Waals surface area contributed by atoms with E-state index in [1.165, 1.54) is 19.3 Å². The van der Waals surface area contributed by atoms with Crippen molar-refractivity contribution in [1.82, 2.24) is 15.5 Å². The summed E-state index contributed by atoms with van der Waals surface area (Å²) in [6.07, 6.45) is 4.02. The van der Waals surface area contributed by atoms with Gasteiger partial charge in [0.05, 0.1) is 0 Å². The van der Waals surface area contributed by atoms with Gasteiger partial charge in [0.2, 0.25) is 0 Å². The standard InChI is InChI=1S/C15H29N3O/c1-14(2)11-6-7-15(14,3)12(10-11)16-8-9-17-13(19)18(4)5/h11-12,16H,6-10H2,1-5H3,(H,17,19). The van der Waals surface area contributed by atoms with Crippen LogP contribution in [0.5, 0.6) is 0 Å². The second-order valence-corrected chi connectivity index (χ2v) is 7.24. The SMILES string of the molecule is CN(C)C(=O)NCCNC1CC2CCC1(C)C2(C)C. The van der Waals surface area contributed by atoms with E-state index in [9.17, 15) is 4.79 Å². The van der Waals surface area contributed by atoms with E-state index in [0.717, 1.165) is 12.5 Å². The first-order chi connectivity index (χ1) is 8.79. The lowest BCUT2D eigenvalue weighted by Gasteiger charge is -2.39. The van der Waals surface area contributed by atoms with Gasteiger partial charge in [-0.2, -0.15) is 0 Å². The van der Waals surface area contributed by atoms with Crippen LogP contribution < -0.4 is 10.6 Å². The minimum Gasteiger partial charge on any atom is -0.337 e. The van der Waals surface area contributed by atoms with Crippen molar-refractivity contribution in [2.75, 3.05) is 27.2 Å². The molecule has 4 heteroatoms. The van der Waals surface area contributed by atoms with Crippen molar-refractivity contribution >= 4 is 6.03 Å². The molecule has 0 radical (unpaired) electrons. The van der Waals surface area contributed by atoms with E-state index in [1.807, 2.05) is 0 Å². The van der Waals surface area contributed by atoms with Crippen molar-refractivity contribution < 1.29 is 4.79 Å². The number of hydrogen-bond acceptors (Lipinski definition) is 2. The quantitative estimate of drug-likeness (QED) is 0.766. The van der Waals surface area contributed by atoms with Gasteiger partial charge < -0.3 is 15.5 Å². The molecule has 2 amide bonds. The normalized spacial score (nSPS) is 35.4. The fourth-order valence-electron chi connectivity index (χ4n) is 4.09. The molecule has 0 aromatic heterocycles. The summed E-state index contributed by atoms with van der Waals surface area (Å²) in [6.45, 7) is 8.87. The van der Waals surface area contributed by atoms with Gasteiger partial charge in [-0.3, -0.25) is 0 Å². The van der Waals surface area contributed by atoms with Crippen molar-refractivity contribution in [2.24, 2.45) is 16.7 Å². The van der Waals surface area contributed by atoms with Crippen molar-refractivity contribution in [3.63, 3.8) is 0 Å². The number of amides is 2. The lowest BCUT2D eigenvalue weighted by molar-refractivity contribution is 0.121. The van der Waals surface area contributed by atoms with E-state index in [4.69, 9.17) is 0 Å². The lowest BCUT2D eigenvalue weighted by Crippen LogP contribution is -2.47. The highest BCUT2D eigenvalue weighted by atomic mass is 16.2. The van der Waals surface area contributed by atoms with E-state index >= 15 is 0 Å². The fraction of sp³-hybridized carbons (Fsp3) is 0.933. The Morgan fingerprint density at radius 2 is 1.95 bits per heavy atom. The molecule has 4 nitrogen and oxygen atoms in total. The van der Waals surface area contributed by atoms with Crippen molar-refractivity contribution in [2.45, 2.75) is 46.1 Å². The number of urea groups is 1. The molecule has 2 fully saturated rings. The zero-order valence-electron chi connectivity index (χ0n) is 13.0. The molecular formula is C15H29N3O. The van der Waals surface area contributed by atoms with Crippen LogP contribution >= 0.6 is 0 Å². The monoisotopic (exact) mass is 267 g/mol. The molecule has 0 aliphatic heterocycles. The van der Waals surface area contributed by atoms with Crippen LogP contribution in [-0.2, 0) is 0 Å². The third kappa shape index (κ3) is 2.35. The fourth-order valence-corrected chi connectivity index (χ4v) is 4.09. The molecule has 2 aliphatic carbocycles. The molecule has 2 saturated carbocycles. The summed E-state index contributed by atoms with van der Waals surface area (Å²) in [4.78, 5) is 13.0. The van der Waals surface area contributed by atoms with Gasteiger partial charge in [-0.15, -0.1) is 0 Å². The predicted molar refractivity (Wildman–Crippen MR) is 78.1 cm³/mol. The second-order valence-electron chi connectivity index (χ2n) is 7.24. The Bertz CT molecular complexity index is 353. The Balaban J connectivity index is 1.78. The number of carbonyl (C=O) groups excluding carboxylic acids is 1. The van der Waals surface area contributed by atoms with Crippen molar-refractivity contribution in [3.05, 3.63) is 0 Å². The molecule has 3 atom stereocenters. The Labute approximate surface area is 117 Å². The number of carbonyl (C=O) groups is 1. The predicted octanol–water partition coefficient (Wildman–Crippen LogP) is 2.06. The van der Waals surface area contributed by atoms with E-state index in [2.05, 4.69) is 31.4 Å². The first-order valence-electron chi connectivity index (χ1n) is 7.47. The Hall–Kier alpha value is -0.770. The number of hydrogen-bond donors (Lipinski definition) is 2. The number of fused-ring (bicyclic) bond motifs is 2. The Morgan fingerprint density at radius 1 is 1.26 bits per heavy atom. The molecule has 3 unspecified atom stereocenters. The van der Waals surface area contributed by atoms with E-state index in [0.29, 0.717) is 23.4 Å². The van der Waals surface area contributed by atoms with Crippen LogP contribution in [0.1, 0.15) is 40.0 Å². The minimum atomic E-state index is -0.0127. The highest BCUT2D eigenvalue weighted by molar-refractivity contribution is 5.73. The summed E-state index contributed by atoms with van der Waals surface area (Å²) in [5, 5.41) is 6.58. The third-order valence-electron chi connectivity index (χ3n) is 5.99. The highest BCUT2D eigenvalue weighted by Gasteiger charge is 2.60. The summed E-state index contributed by atoms with van der Waals surface area (Å²) < 4.78 is 0. The summed E-state index contributed by atoms with van der Waals surface area (Å²) >= 11 is 0. The molecule has 2 aliphatic rings. The van der Waals surface area contributed by atoms with Gasteiger partial charge in [-0.05, 0) is 36.0 Å². The average molecular weight is 267 g/mol. The van der Waals surface area contributed by atoms with E-state index in [1.54, 1.807) is 19.0 Å². The summed E-state index contributed by atoms with van der Waals surface area (Å²) in [6, 6.07) is 0.596. The molecule has 2 N–H and O–H groups in total. The number of nitrogens with zero attached hydrogens (tertiary/aromatic N) is 1. The molecule has 0 heterocycles. The number of nitrogens with one attached hydrogen (secondary N) is 2. The van der Waals surface area contributed by atoms with Gasteiger partial charge in [-0.25, -0.2) is 4.79 Å². The molecule has 0 spiro atoms. The molecular weight excluding hydrogens is 238 g/mol. The highest BCUT2D eigenvalue weighted by Crippen LogP contribution is 2.65. The largest absolute Gasteiger partial charge is 0.337 e.